The minimum Gasteiger partial charge on any atom is -1.00 e. The molecule has 0 saturated carbocycles. The molecule has 0 bridgehead atoms. The van der Waals surface area contributed by atoms with E-state index in [4.69, 9.17) is 0 Å². The van der Waals surface area contributed by atoms with Gasteiger partial charge in [0.2, 0.25) is 24.7 Å². The molecule has 36 heavy (non-hydrogen) atoms. The van der Waals surface area contributed by atoms with Crippen LogP contribution in [0.1, 0.15) is 40.1 Å². The molecule has 4 heterocycles. The number of rotatable bonds is 8. The van der Waals surface area contributed by atoms with Crippen LogP contribution in [0.4, 0.5) is 0 Å². The lowest BCUT2D eigenvalue weighted by molar-refractivity contribution is -0.683. The number of ketones is 2. The Kier molecular flexibility index (Phi) is 11.2. The first-order valence-corrected chi connectivity index (χ1v) is 12.0. The molecule has 2 N–H and O–H groups in total. The smallest absolute Gasteiger partial charge is 0.275 e. The number of carbonyl (C=O) groups excluding carboxylic acids is 4. The van der Waals surface area contributed by atoms with E-state index in [1.165, 1.54) is 22.7 Å². The highest BCUT2D eigenvalue weighted by Crippen LogP contribution is 2.10. The first kappa shape index (κ1) is 29.2. The molecule has 12 heteroatoms. The van der Waals surface area contributed by atoms with E-state index >= 15 is 0 Å². The van der Waals surface area contributed by atoms with Crippen molar-refractivity contribution in [2.45, 2.75) is 13.1 Å². The third-order valence-electron chi connectivity index (χ3n) is 4.77. The Hall–Kier alpha value is -3.06. The summed E-state index contributed by atoms with van der Waals surface area (Å²) in [7, 11) is 0. The lowest BCUT2D eigenvalue weighted by Gasteiger charge is -2.06. The molecule has 0 atom stereocenters. The fourth-order valence-corrected chi connectivity index (χ4v) is 4.44. The molecule has 0 spiro atoms. The van der Waals surface area contributed by atoms with Crippen LogP contribution in [0.5, 0.6) is 0 Å². The standard InChI is InChI=1S/C24H18N4O4S2.2BrH/c29-19(21-7-3-11-33-21)15-27-9-1-5-17(13-27)23(31)25-26-24(32)18-6-2-10-28(14-18)16-20(30)22-8-4-12-34-22;;/h1-14H,15-16H2;2*1H. The van der Waals surface area contributed by atoms with E-state index in [-0.39, 0.29) is 69.7 Å². The van der Waals surface area contributed by atoms with Crippen LogP contribution in [-0.2, 0) is 13.1 Å². The summed E-state index contributed by atoms with van der Waals surface area (Å²) in [6.07, 6.45) is 6.47. The second-order valence-corrected chi connectivity index (χ2v) is 9.13. The topological polar surface area (TPSA) is 100 Å². The first-order valence-electron chi connectivity index (χ1n) is 10.2. The maximum Gasteiger partial charge on any atom is 0.275 e. The van der Waals surface area contributed by atoms with Crippen molar-refractivity contribution in [3.8, 4) is 0 Å². The molecular formula is C24H20Br2N4O4S2. The zero-order chi connectivity index (χ0) is 23.9. The number of hydrogen-bond donors (Lipinski definition) is 2. The number of amides is 2. The second-order valence-electron chi connectivity index (χ2n) is 7.24. The summed E-state index contributed by atoms with van der Waals surface area (Å²) < 4.78 is 3.23. The number of aromatic nitrogens is 2. The number of pyridine rings is 2. The molecule has 0 fully saturated rings. The van der Waals surface area contributed by atoms with Crippen molar-refractivity contribution in [1.82, 2.24) is 10.9 Å². The largest absolute Gasteiger partial charge is 1.00 e. The summed E-state index contributed by atoms with van der Waals surface area (Å²) >= 11 is 2.73. The predicted molar refractivity (Wildman–Crippen MR) is 126 cm³/mol. The van der Waals surface area contributed by atoms with Gasteiger partial charge in [-0.2, -0.15) is 9.13 Å². The summed E-state index contributed by atoms with van der Waals surface area (Å²) in [6, 6.07) is 13.6. The second kappa shape index (κ2) is 13.9. The fourth-order valence-electron chi connectivity index (χ4n) is 3.13. The van der Waals surface area contributed by atoms with Gasteiger partial charge in [-0.1, -0.05) is 12.1 Å². The highest BCUT2D eigenvalue weighted by atomic mass is 79.9. The van der Waals surface area contributed by atoms with Crippen LogP contribution in [0.3, 0.4) is 0 Å². The maximum atomic E-state index is 12.5. The predicted octanol–water partition coefficient (Wildman–Crippen LogP) is -3.77. The lowest BCUT2D eigenvalue weighted by Crippen LogP contribution is -3.00. The average molecular weight is 652 g/mol. The number of Topliss-reactive ketones (excluding diaryl/α,β-unsaturated/α-hetero) is 2. The third-order valence-corrected chi connectivity index (χ3v) is 6.60. The van der Waals surface area contributed by atoms with Crippen LogP contribution in [0.15, 0.2) is 84.1 Å². The van der Waals surface area contributed by atoms with Gasteiger partial charge in [-0.25, -0.2) is 0 Å². The van der Waals surface area contributed by atoms with Gasteiger partial charge in [0, 0.05) is 12.1 Å². The molecule has 0 aliphatic carbocycles. The molecule has 0 aromatic carbocycles. The number of halogens is 2. The van der Waals surface area contributed by atoms with E-state index in [1.54, 1.807) is 70.3 Å². The molecule has 0 saturated heterocycles. The molecule has 186 valence electrons. The maximum absolute atomic E-state index is 12.5. The summed E-state index contributed by atoms with van der Waals surface area (Å²) in [5, 5.41) is 3.67. The van der Waals surface area contributed by atoms with Crippen LogP contribution in [-0.4, -0.2) is 23.4 Å². The molecule has 0 aliphatic heterocycles. The Morgan fingerprint density at radius 1 is 0.639 bits per heavy atom. The van der Waals surface area contributed by atoms with Crippen molar-refractivity contribution in [3.05, 3.63) is 105 Å². The van der Waals surface area contributed by atoms with E-state index < -0.39 is 11.8 Å². The van der Waals surface area contributed by atoms with Crippen LogP contribution in [0.25, 0.3) is 0 Å². The summed E-state index contributed by atoms with van der Waals surface area (Å²) in [5.41, 5.74) is 5.32. The van der Waals surface area contributed by atoms with Crippen molar-refractivity contribution in [2.75, 3.05) is 0 Å². The molecule has 2 amide bonds. The normalized spacial score (nSPS) is 9.89. The van der Waals surface area contributed by atoms with Gasteiger partial charge >= 0.3 is 0 Å². The zero-order valence-corrected chi connectivity index (χ0v) is 23.4. The van der Waals surface area contributed by atoms with Crippen molar-refractivity contribution < 1.29 is 62.3 Å². The molecule has 0 radical (unpaired) electrons. The minimum absolute atomic E-state index is 0. The Morgan fingerprint density at radius 2 is 1.06 bits per heavy atom. The molecule has 4 aromatic rings. The van der Waals surface area contributed by atoms with Crippen LogP contribution >= 0.6 is 22.7 Å². The summed E-state index contributed by atoms with van der Waals surface area (Å²) in [4.78, 5) is 50.9. The quantitative estimate of drug-likeness (QED) is 0.116. The summed E-state index contributed by atoms with van der Waals surface area (Å²) in [5.74, 6) is -1.16. The van der Waals surface area contributed by atoms with Gasteiger partial charge in [0.25, 0.3) is 11.8 Å². The monoisotopic (exact) mass is 650 g/mol. The SMILES string of the molecule is O=C(NNC(=O)c1ccc[n+](CC(=O)c2cccs2)c1)c1ccc[n+](CC(=O)c2cccs2)c1.[Br-].[Br-]. The van der Waals surface area contributed by atoms with Gasteiger partial charge in [0.15, 0.2) is 24.8 Å². The molecule has 4 rings (SSSR count). The van der Waals surface area contributed by atoms with Crippen LogP contribution in [0.2, 0.25) is 0 Å². The van der Waals surface area contributed by atoms with E-state index in [2.05, 4.69) is 10.9 Å². The Bertz CT molecular complexity index is 1240. The Balaban J connectivity index is 0.00000228. The first-order chi connectivity index (χ1) is 16.5. The lowest BCUT2D eigenvalue weighted by atomic mass is 10.2. The highest BCUT2D eigenvalue weighted by molar-refractivity contribution is 7.12. The number of thiophene rings is 2. The number of nitrogens with one attached hydrogen (secondary N) is 2. The van der Waals surface area contributed by atoms with Gasteiger partial charge in [-0.05, 0) is 35.0 Å². The molecular weight excluding hydrogens is 632 g/mol. The molecule has 8 nitrogen and oxygen atoms in total. The average Bonchev–Trinajstić information content (AvgIpc) is 3.57. The zero-order valence-electron chi connectivity index (χ0n) is 18.6. The minimum atomic E-state index is -0.525. The molecule has 0 aliphatic rings. The summed E-state index contributed by atoms with van der Waals surface area (Å²) in [6.45, 7) is 0.199. The molecule has 0 unspecified atom stereocenters. The van der Waals surface area contributed by atoms with Crippen LogP contribution < -0.4 is 53.9 Å². The highest BCUT2D eigenvalue weighted by Gasteiger charge is 2.18. The molecule has 4 aromatic heterocycles. The van der Waals surface area contributed by atoms with Gasteiger partial charge in [0.05, 0.1) is 9.75 Å². The number of nitrogens with zero attached hydrogens (tertiary/aromatic N) is 2. The van der Waals surface area contributed by atoms with Gasteiger partial charge in [-0.3, -0.25) is 30.0 Å². The van der Waals surface area contributed by atoms with Crippen molar-refractivity contribution >= 4 is 46.1 Å². The number of hydrazine groups is 1. The van der Waals surface area contributed by atoms with E-state index in [9.17, 15) is 19.2 Å². The van der Waals surface area contributed by atoms with Gasteiger partial charge in [0.1, 0.15) is 11.1 Å². The van der Waals surface area contributed by atoms with Gasteiger partial charge in [-0.15, -0.1) is 22.7 Å². The third kappa shape index (κ3) is 7.72. The van der Waals surface area contributed by atoms with Gasteiger partial charge < -0.3 is 34.0 Å². The van der Waals surface area contributed by atoms with Crippen molar-refractivity contribution in [3.63, 3.8) is 0 Å². The Morgan fingerprint density at radius 3 is 1.42 bits per heavy atom. The van der Waals surface area contributed by atoms with Crippen molar-refractivity contribution in [2.24, 2.45) is 0 Å². The van der Waals surface area contributed by atoms with Crippen molar-refractivity contribution in [1.29, 1.82) is 0 Å². The fraction of sp³-hybridized carbons (Fsp3) is 0.0833. The Labute approximate surface area is 236 Å². The van der Waals surface area contributed by atoms with E-state index in [0.717, 1.165) is 0 Å². The number of carbonyl (C=O) groups is 4. The van der Waals surface area contributed by atoms with E-state index in [0.29, 0.717) is 9.75 Å². The van der Waals surface area contributed by atoms with E-state index in [1.807, 2.05) is 22.9 Å². The number of hydrogen-bond acceptors (Lipinski definition) is 6. The van der Waals surface area contributed by atoms with Crippen LogP contribution in [0, 0.1) is 0 Å².